The normalized spacial score (nSPS) is 13.9. The quantitative estimate of drug-likeness (QED) is 0.389. The Kier molecular flexibility index (Phi) is 6.46. The number of pyridine rings is 1. The molecule has 0 spiro atoms. The van der Waals surface area contributed by atoms with Gasteiger partial charge in [0.25, 0.3) is 5.91 Å². The number of likely N-dealkylation sites (tertiary alicyclic amines) is 1. The molecular formula is C26H22ClN7O3. The molecule has 1 aromatic carbocycles. The van der Waals surface area contributed by atoms with Crippen molar-refractivity contribution in [1.29, 1.82) is 5.26 Å². The number of carbonyl (C=O) groups excluding carboxylic acids is 1. The lowest BCUT2D eigenvalue weighted by Crippen LogP contribution is -2.46. The van der Waals surface area contributed by atoms with Crippen LogP contribution < -0.4 is 5.32 Å². The molecule has 0 saturated carbocycles. The van der Waals surface area contributed by atoms with Crippen molar-refractivity contribution in [1.82, 2.24) is 29.8 Å². The Morgan fingerprint density at radius 2 is 1.92 bits per heavy atom. The first-order valence-corrected chi connectivity index (χ1v) is 12.0. The van der Waals surface area contributed by atoms with Crippen LogP contribution in [0.15, 0.2) is 48.7 Å². The minimum atomic E-state index is -0.951. The molecule has 1 fully saturated rings. The van der Waals surface area contributed by atoms with Gasteiger partial charge in [-0.1, -0.05) is 23.7 Å². The summed E-state index contributed by atoms with van der Waals surface area (Å²) in [5, 5.41) is 26.5. The molecule has 0 aliphatic carbocycles. The molecule has 11 heteroatoms. The molecule has 1 saturated heterocycles. The smallest absolute Gasteiger partial charge is 0.407 e. The van der Waals surface area contributed by atoms with Gasteiger partial charge in [-0.2, -0.15) is 10.4 Å². The van der Waals surface area contributed by atoms with Gasteiger partial charge in [0.1, 0.15) is 16.5 Å². The lowest BCUT2D eigenvalue weighted by atomic mass is 10.00. The van der Waals surface area contributed by atoms with Crippen molar-refractivity contribution in [3.05, 3.63) is 70.8 Å². The highest BCUT2D eigenvalue weighted by Gasteiger charge is 2.25. The monoisotopic (exact) mass is 515 g/mol. The highest BCUT2D eigenvalue weighted by atomic mass is 35.5. The van der Waals surface area contributed by atoms with Gasteiger partial charge < -0.3 is 15.3 Å². The Bertz CT molecular complexity index is 1550. The zero-order valence-corrected chi connectivity index (χ0v) is 20.6. The Balaban J connectivity index is 1.56. The minimum Gasteiger partial charge on any atom is -0.465 e. The lowest BCUT2D eigenvalue weighted by molar-refractivity contribution is 0.0902. The second-order valence-corrected chi connectivity index (χ2v) is 9.22. The van der Waals surface area contributed by atoms with Gasteiger partial charge in [0.2, 0.25) is 0 Å². The van der Waals surface area contributed by atoms with E-state index >= 15 is 0 Å². The number of amides is 2. The first-order valence-electron chi connectivity index (χ1n) is 11.7. The average Bonchev–Trinajstić information content (AvgIpc) is 3.27. The van der Waals surface area contributed by atoms with Crippen molar-refractivity contribution in [2.75, 3.05) is 13.1 Å². The molecule has 0 atom stereocenters. The fraction of sp³-hybridized carbons (Fsp3) is 0.231. The van der Waals surface area contributed by atoms with E-state index in [1.54, 1.807) is 41.0 Å². The van der Waals surface area contributed by atoms with Crippen LogP contribution in [0.4, 0.5) is 4.79 Å². The predicted molar refractivity (Wildman–Crippen MR) is 136 cm³/mol. The maximum absolute atomic E-state index is 13.1. The van der Waals surface area contributed by atoms with Gasteiger partial charge in [0, 0.05) is 36.6 Å². The lowest BCUT2D eigenvalue weighted by Gasteiger charge is -2.30. The number of nitriles is 1. The zero-order chi connectivity index (χ0) is 26.1. The summed E-state index contributed by atoms with van der Waals surface area (Å²) >= 11 is 6.28. The number of nitrogens with one attached hydrogen (secondary N) is 1. The minimum absolute atomic E-state index is 0.142. The summed E-state index contributed by atoms with van der Waals surface area (Å²) in [5.41, 5.74) is 4.57. The van der Waals surface area contributed by atoms with E-state index in [1.165, 1.54) is 4.90 Å². The van der Waals surface area contributed by atoms with Crippen molar-refractivity contribution in [3.63, 3.8) is 0 Å². The number of hydrogen-bond acceptors (Lipinski definition) is 6. The number of hydrogen-bond donors (Lipinski definition) is 2. The van der Waals surface area contributed by atoms with Crippen LogP contribution in [0.25, 0.3) is 28.0 Å². The number of nitrogens with zero attached hydrogens (tertiary/aromatic N) is 6. The van der Waals surface area contributed by atoms with E-state index in [0.29, 0.717) is 59.2 Å². The maximum Gasteiger partial charge on any atom is 0.407 e. The predicted octanol–water partition coefficient (Wildman–Crippen LogP) is 4.16. The largest absolute Gasteiger partial charge is 0.465 e. The molecule has 0 radical (unpaired) electrons. The second-order valence-electron chi connectivity index (χ2n) is 8.83. The molecule has 5 rings (SSSR count). The Morgan fingerprint density at radius 1 is 1.14 bits per heavy atom. The van der Waals surface area contributed by atoms with E-state index in [9.17, 15) is 14.9 Å². The van der Waals surface area contributed by atoms with Gasteiger partial charge in [0.05, 0.1) is 17.2 Å². The van der Waals surface area contributed by atoms with Gasteiger partial charge >= 0.3 is 6.09 Å². The van der Waals surface area contributed by atoms with Gasteiger partial charge in [-0.05, 0) is 55.7 Å². The SMILES string of the molecule is Cc1cc(-c2c(-c3cccc(C#N)c3)nn3ccc(C(=O)NC4CCN(C(=O)O)CC4)nc23)cc(Cl)n1. The number of aryl methyl sites for hydroxylation is 1. The molecule has 10 nitrogen and oxygen atoms in total. The third kappa shape index (κ3) is 4.94. The van der Waals surface area contributed by atoms with Gasteiger partial charge in [0.15, 0.2) is 5.65 Å². The molecule has 4 aromatic rings. The van der Waals surface area contributed by atoms with Crippen LogP contribution in [0.3, 0.4) is 0 Å². The number of rotatable bonds is 4. The van der Waals surface area contributed by atoms with Crippen molar-refractivity contribution in [2.45, 2.75) is 25.8 Å². The van der Waals surface area contributed by atoms with E-state index in [4.69, 9.17) is 21.8 Å². The Hall–Kier alpha value is -4.49. The number of carbonyl (C=O) groups is 2. The van der Waals surface area contributed by atoms with E-state index in [2.05, 4.69) is 21.4 Å². The standard InChI is InChI=1S/C26H22ClN7O3/c1-15-11-18(13-21(27)29-15)22-23(17-4-2-3-16(12-17)14-28)32-34-10-7-20(31-24(22)34)25(35)30-19-5-8-33(9-6-19)26(36)37/h2-4,7,10-13,19H,5-6,8-9H2,1H3,(H,30,35)(H,36,37). The van der Waals surface area contributed by atoms with Crippen LogP contribution in [-0.4, -0.2) is 60.7 Å². The van der Waals surface area contributed by atoms with Crippen LogP contribution in [0.5, 0.6) is 0 Å². The summed E-state index contributed by atoms with van der Waals surface area (Å²) in [5.74, 6) is -0.347. The Labute approximate surface area is 217 Å². The molecule has 1 aliphatic rings. The summed E-state index contributed by atoms with van der Waals surface area (Å²) < 4.78 is 1.59. The molecule has 186 valence electrons. The van der Waals surface area contributed by atoms with Gasteiger partial charge in [-0.15, -0.1) is 0 Å². The molecule has 0 unspecified atom stereocenters. The van der Waals surface area contributed by atoms with Crippen molar-refractivity contribution in [3.8, 4) is 28.5 Å². The third-order valence-corrected chi connectivity index (χ3v) is 6.49. The van der Waals surface area contributed by atoms with Crippen molar-refractivity contribution < 1.29 is 14.7 Å². The third-order valence-electron chi connectivity index (χ3n) is 6.29. The van der Waals surface area contributed by atoms with E-state index in [1.807, 2.05) is 19.1 Å². The molecule has 4 heterocycles. The van der Waals surface area contributed by atoms with Crippen LogP contribution in [-0.2, 0) is 0 Å². The first kappa shape index (κ1) is 24.2. The molecule has 2 N–H and O–H groups in total. The summed E-state index contributed by atoms with van der Waals surface area (Å²) in [6.45, 7) is 2.57. The van der Waals surface area contributed by atoms with E-state index in [0.717, 1.165) is 11.1 Å². The number of benzene rings is 1. The fourth-order valence-corrected chi connectivity index (χ4v) is 4.76. The molecule has 3 aromatic heterocycles. The summed E-state index contributed by atoms with van der Waals surface area (Å²) in [6.07, 6.45) is 1.78. The second kappa shape index (κ2) is 9.87. The zero-order valence-electron chi connectivity index (χ0n) is 19.8. The summed E-state index contributed by atoms with van der Waals surface area (Å²) in [6, 6.07) is 14.3. The van der Waals surface area contributed by atoms with E-state index in [-0.39, 0.29) is 17.6 Å². The van der Waals surface area contributed by atoms with Gasteiger partial charge in [-0.3, -0.25) is 4.79 Å². The number of carboxylic acid groups (broad SMARTS) is 1. The van der Waals surface area contributed by atoms with Crippen LogP contribution in [0, 0.1) is 18.3 Å². The van der Waals surface area contributed by atoms with E-state index < -0.39 is 6.09 Å². The maximum atomic E-state index is 13.1. The van der Waals surface area contributed by atoms with Crippen molar-refractivity contribution >= 4 is 29.2 Å². The fourth-order valence-electron chi connectivity index (χ4n) is 4.51. The summed E-state index contributed by atoms with van der Waals surface area (Å²) in [4.78, 5) is 34.5. The molecule has 37 heavy (non-hydrogen) atoms. The number of aromatic nitrogens is 4. The number of halogens is 1. The van der Waals surface area contributed by atoms with Crippen molar-refractivity contribution in [2.24, 2.45) is 0 Å². The van der Waals surface area contributed by atoms with Crippen LogP contribution >= 0.6 is 11.6 Å². The first-order chi connectivity index (χ1) is 17.8. The molecule has 2 amide bonds. The highest BCUT2D eigenvalue weighted by molar-refractivity contribution is 6.29. The average molecular weight is 516 g/mol. The van der Waals surface area contributed by atoms with Crippen LogP contribution in [0.2, 0.25) is 5.15 Å². The van der Waals surface area contributed by atoms with Crippen LogP contribution in [0.1, 0.15) is 34.6 Å². The number of piperidine rings is 1. The van der Waals surface area contributed by atoms with Gasteiger partial charge in [-0.25, -0.2) is 19.3 Å². The molecule has 1 aliphatic heterocycles. The topological polar surface area (TPSA) is 137 Å². The molecular weight excluding hydrogens is 494 g/mol. The Morgan fingerprint density at radius 3 is 2.62 bits per heavy atom. The highest BCUT2D eigenvalue weighted by Crippen LogP contribution is 2.36. The summed E-state index contributed by atoms with van der Waals surface area (Å²) in [7, 11) is 0. The number of fused-ring (bicyclic) bond motifs is 1. The molecule has 0 bridgehead atoms.